The van der Waals surface area contributed by atoms with Crippen molar-refractivity contribution in [3.05, 3.63) is 0 Å². The maximum Gasteiger partial charge on any atom is 0.0578 e. The van der Waals surface area contributed by atoms with Gasteiger partial charge in [-0.3, -0.25) is 0 Å². The van der Waals surface area contributed by atoms with Crippen LogP contribution in [0.25, 0.3) is 0 Å². The highest BCUT2D eigenvalue weighted by Crippen LogP contribution is 2.22. The number of hydrogen-bond donors (Lipinski definition) is 2. The van der Waals surface area contributed by atoms with E-state index in [9.17, 15) is 5.11 Å². The van der Waals surface area contributed by atoms with Gasteiger partial charge in [0.25, 0.3) is 0 Å². The van der Waals surface area contributed by atoms with E-state index in [0.29, 0.717) is 12.0 Å². The van der Waals surface area contributed by atoms with Gasteiger partial charge in [0, 0.05) is 19.1 Å². The molecule has 0 aliphatic carbocycles. The fraction of sp³-hybridized carbons (Fsp3) is 1.00. The number of rotatable bonds is 8. The molecule has 18 heavy (non-hydrogen) atoms. The molecule has 0 spiro atoms. The van der Waals surface area contributed by atoms with Crippen molar-refractivity contribution in [1.82, 2.24) is 10.2 Å². The summed E-state index contributed by atoms with van der Waals surface area (Å²) in [6.45, 7) is 11.1. The molecule has 1 saturated heterocycles. The lowest BCUT2D eigenvalue weighted by Gasteiger charge is -2.40. The van der Waals surface area contributed by atoms with E-state index in [4.69, 9.17) is 0 Å². The third-order valence-corrected chi connectivity index (χ3v) is 4.03. The van der Waals surface area contributed by atoms with Gasteiger partial charge in [-0.1, -0.05) is 27.2 Å². The van der Waals surface area contributed by atoms with Crippen molar-refractivity contribution in [2.24, 2.45) is 5.92 Å². The van der Waals surface area contributed by atoms with Crippen LogP contribution in [0.1, 0.15) is 52.9 Å². The van der Waals surface area contributed by atoms with Gasteiger partial charge in [0.05, 0.1) is 6.10 Å². The first kappa shape index (κ1) is 15.9. The van der Waals surface area contributed by atoms with Gasteiger partial charge < -0.3 is 15.3 Å². The number of likely N-dealkylation sites (tertiary alicyclic amines) is 1. The van der Waals surface area contributed by atoms with Crippen LogP contribution in [0.2, 0.25) is 0 Å². The number of piperidine rings is 1. The first-order chi connectivity index (χ1) is 8.71. The van der Waals surface area contributed by atoms with Crippen LogP contribution in [0.3, 0.4) is 0 Å². The second-order valence-electron chi connectivity index (χ2n) is 5.74. The number of aliphatic hydroxyl groups excluding tert-OH is 1. The Bertz CT molecular complexity index is 195. The highest BCUT2D eigenvalue weighted by atomic mass is 16.3. The van der Waals surface area contributed by atoms with Crippen molar-refractivity contribution in [1.29, 1.82) is 0 Å². The van der Waals surface area contributed by atoms with Crippen molar-refractivity contribution >= 4 is 0 Å². The maximum atomic E-state index is 10.1. The van der Waals surface area contributed by atoms with Crippen LogP contribution in [0.5, 0.6) is 0 Å². The van der Waals surface area contributed by atoms with Gasteiger partial charge in [-0.2, -0.15) is 0 Å². The zero-order chi connectivity index (χ0) is 13.4. The first-order valence-corrected chi connectivity index (χ1v) is 7.85. The van der Waals surface area contributed by atoms with Crippen molar-refractivity contribution in [3.8, 4) is 0 Å². The molecule has 0 aromatic heterocycles. The number of nitrogens with one attached hydrogen (secondary N) is 1. The van der Waals surface area contributed by atoms with Gasteiger partial charge in [-0.15, -0.1) is 0 Å². The van der Waals surface area contributed by atoms with Crippen LogP contribution in [-0.2, 0) is 0 Å². The molecule has 0 saturated carbocycles. The molecule has 3 atom stereocenters. The summed E-state index contributed by atoms with van der Waals surface area (Å²) in [7, 11) is 0. The second kappa shape index (κ2) is 8.89. The highest BCUT2D eigenvalue weighted by molar-refractivity contribution is 4.86. The lowest BCUT2D eigenvalue weighted by molar-refractivity contribution is 0.0353. The minimum Gasteiger partial charge on any atom is -0.393 e. The summed E-state index contributed by atoms with van der Waals surface area (Å²) < 4.78 is 0. The quantitative estimate of drug-likeness (QED) is 0.699. The fourth-order valence-electron chi connectivity index (χ4n) is 2.91. The van der Waals surface area contributed by atoms with Gasteiger partial charge in [0.2, 0.25) is 0 Å². The lowest BCUT2D eigenvalue weighted by Crippen LogP contribution is -2.52. The standard InChI is InChI=1S/C15H32N2O/c1-4-7-9-17-11-13(15(18)6-3)10-14(12-17)16-8-5-2/h13-16,18H,4-12H2,1-3H3. The zero-order valence-electron chi connectivity index (χ0n) is 12.5. The predicted molar refractivity (Wildman–Crippen MR) is 77.8 cm³/mol. The van der Waals surface area contributed by atoms with Crippen LogP contribution < -0.4 is 5.32 Å². The SMILES string of the molecule is CCCCN1CC(NCCC)CC(C(O)CC)C1. The molecule has 3 unspecified atom stereocenters. The van der Waals surface area contributed by atoms with E-state index in [1.165, 1.54) is 25.8 Å². The molecular weight excluding hydrogens is 224 g/mol. The van der Waals surface area contributed by atoms with Crippen LogP contribution >= 0.6 is 0 Å². The van der Waals surface area contributed by atoms with Gasteiger partial charge in [0.1, 0.15) is 0 Å². The average molecular weight is 256 g/mol. The van der Waals surface area contributed by atoms with Crippen LogP contribution in [0, 0.1) is 5.92 Å². The normalized spacial score (nSPS) is 27.3. The summed E-state index contributed by atoms with van der Waals surface area (Å²) in [6.07, 6.45) is 5.61. The minimum absolute atomic E-state index is 0.125. The Morgan fingerprint density at radius 2 is 2.00 bits per heavy atom. The third-order valence-electron chi connectivity index (χ3n) is 4.03. The van der Waals surface area contributed by atoms with E-state index in [-0.39, 0.29) is 6.10 Å². The molecule has 1 aliphatic heterocycles. The van der Waals surface area contributed by atoms with E-state index in [1.807, 2.05) is 0 Å². The van der Waals surface area contributed by atoms with Crippen molar-refractivity contribution in [2.75, 3.05) is 26.2 Å². The molecule has 2 N–H and O–H groups in total. The lowest BCUT2D eigenvalue weighted by atomic mass is 9.88. The monoisotopic (exact) mass is 256 g/mol. The first-order valence-electron chi connectivity index (χ1n) is 7.85. The summed E-state index contributed by atoms with van der Waals surface area (Å²) in [5, 5.41) is 13.7. The molecule has 0 amide bonds. The zero-order valence-corrected chi connectivity index (χ0v) is 12.5. The molecule has 1 heterocycles. The smallest absolute Gasteiger partial charge is 0.0578 e. The Balaban J connectivity index is 2.48. The Hall–Kier alpha value is -0.120. The Kier molecular flexibility index (Phi) is 7.87. The molecule has 1 aliphatic rings. The summed E-state index contributed by atoms with van der Waals surface area (Å²) in [5.74, 6) is 0.454. The topological polar surface area (TPSA) is 35.5 Å². The molecule has 0 aromatic carbocycles. The Morgan fingerprint density at radius 1 is 1.22 bits per heavy atom. The highest BCUT2D eigenvalue weighted by Gasteiger charge is 2.30. The van der Waals surface area contributed by atoms with E-state index in [0.717, 1.165) is 32.5 Å². The second-order valence-corrected chi connectivity index (χ2v) is 5.74. The average Bonchev–Trinajstić information content (AvgIpc) is 2.41. The number of hydrogen-bond acceptors (Lipinski definition) is 3. The summed E-state index contributed by atoms with van der Waals surface area (Å²) in [6, 6.07) is 0.571. The van der Waals surface area contributed by atoms with Gasteiger partial charge in [0.15, 0.2) is 0 Å². The number of nitrogens with zero attached hydrogens (tertiary/aromatic N) is 1. The molecule has 0 aromatic rings. The van der Waals surface area contributed by atoms with E-state index < -0.39 is 0 Å². The Morgan fingerprint density at radius 3 is 2.61 bits per heavy atom. The summed E-state index contributed by atoms with van der Waals surface area (Å²) >= 11 is 0. The molecule has 1 fully saturated rings. The molecule has 0 radical (unpaired) electrons. The molecule has 3 nitrogen and oxygen atoms in total. The largest absolute Gasteiger partial charge is 0.393 e. The molecule has 3 heteroatoms. The van der Waals surface area contributed by atoms with Crippen molar-refractivity contribution < 1.29 is 5.11 Å². The van der Waals surface area contributed by atoms with Crippen LogP contribution in [-0.4, -0.2) is 48.3 Å². The van der Waals surface area contributed by atoms with Crippen LogP contribution in [0.4, 0.5) is 0 Å². The predicted octanol–water partition coefficient (Wildman–Crippen LogP) is 2.25. The van der Waals surface area contributed by atoms with E-state index in [2.05, 4.69) is 31.0 Å². The molecule has 0 bridgehead atoms. The van der Waals surface area contributed by atoms with Gasteiger partial charge >= 0.3 is 0 Å². The van der Waals surface area contributed by atoms with Gasteiger partial charge in [-0.05, 0) is 44.7 Å². The van der Waals surface area contributed by atoms with Crippen molar-refractivity contribution in [3.63, 3.8) is 0 Å². The van der Waals surface area contributed by atoms with Gasteiger partial charge in [-0.25, -0.2) is 0 Å². The molecular formula is C15H32N2O. The fourth-order valence-corrected chi connectivity index (χ4v) is 2.91. The third kappa shape index (κ3) is 5.25. The van der Waals surface area contributed by atoms with E-state index in [1.54, 1.807) is 0 Å². The Labute approximate surface area is 113 Å². The number of aliphatic hydroxyl groups is 1. The summed E-state index contributed by atoms with van der Waals surface area (Å²) in [4.78, 5) is 2.55. The van der Waals surface area contributed by atoms with E-state index >= 15 is 0 Å². The maximum absolute atomic E-state index is 10.1. The summed E-state index contributed by atoms with van der Waals surface area (Å²) in [5.41, 5.74) is 0. The van der Waals surface area contributed by atoms with Crippen LogP contribution in [0.15, 0.2) is 0 Å². The minimum atomic E-state index is -0.125. The molecule has 1 rings (SSSR count). The number of unbranched alkanes of at least 4 members (excludes halogenated alkanes) is 1. The molecule has 108 valence electrons. The van der Waals surface area contributed by atoms with Crippen molar-refractivity contribution in [2.45, 2.75) is 65.0 Å².